The van der Waals surface area contributed by atoms with Crippen LogP contribution in [-0.2, 0) is 6.42 Å². The fraction of sp³-hybridized carbons (Fsp3) is 0.625. The summed E-state index contributed by atoms with van der Waals surface area (Å²) >= 11 is 6.10. The maximum absolute atomic E-state index is 6.10. The lowest BCUT2D eigenvalue weighted by atomic mass is 9.88. The maximum atomic E-state index is 6.10. The molecule has 3 atom stereocenters. The van der Waals surface area contributed by atoms with Crippen molar-refractivity contribution in [2.24, 2.45) is 11.7 Å². The molecule has 1 heterocycles. The Bertz CT molecular complexity index is 460. The predicted octanol–water partition coefficient (Wildman–Crippen LogP) is 3.39. The normalized spacial score (nSPS) is 31.4. The third kappa shape index (κ3) is 2.42. The molecule has 1 aliphatic carbocycles. The summed E-state index contributed by atoms with van der Waals surface area (Å²) in [5, 5.41) is 0.863. The molecule has 1 fully saturated rings. The molecule has 0 radical (unpaired) electrons. The molecule has 2 N–H and O–H groups in total. The Morgan fingerprint density at radius 2 is 2.21 bits per heavy atom. The van der Waals surface area contributed by atoms with Crippen molar-refractivity contribution in [1.29, 1.82) is 0 Å². The van der Waals surface area contributed by atoms with Gasteiger partial charge in [-0.25, -0.2) is 0 Å². The molecule has 0 aromatic heterocycles. The number of nitrogens with zero attached hydrogens (tertiary/aromatic N) is 1. The van der Waals surface area contributed by atoms with Gasteiger partial charge in [0.15, 0.2) is 0 Å². The van der Waals surface area contributed by atoms with E-state index in [0.29, 0.717) is 12.1 Å². The van der Waals surface area contributed by atoms with Crippen LogP contribution in [0, 0.1) is 5.92 Å². The van der Waals surface area contributed by atoms with E-state index in [0.717, 1.165) is 23.9 Å². The first-order chi connectivity index (χ1) is 9.20. The van der Waals surface area contributed by atoms with Crippen molar-refractivity contribution in [3.8, 4) is 0 Å². The second kappa shape index (κ2) is 5.43. The van der Waals surface area contributed by atoms with Crippen molar-refractivity contribution in [2.75, 3.05) is 13.1 Å². The van der Waals surface area contributed by atoms with Crippen LogP contribution in [-0.4, -0.2) is 24.0 Å². The van der Waals surface area contributed by atoms with Crippen LogP contribution in [0.15, 0.2) is 18.2 Å². The van der Waals surface area contributed by atoms with Gasteiger partial charge in [-0.2, -0.15) is 0 Å². The maximum Gasteiger partial charge on any atom is 0.0408 e. The van der Waals surface area contributed by atoms with E-state index in [1.165, 1.54) is 36.9 Å². The number of piperidine rings is 1. The first-order valence-electron chi connectivity index (χ1n) is 7.45. The van der Waals surface area contributed by atoms with E-state index in [1.807, 2.05) is 6.07 Å². The highest BCUT2D eigenvalue weighted by atomic mass is 35.5. The van der Waals surface area contributed by atoms with Crippen molar-refractivity contribution in [3.05, 3.63) is 34.3 Å². The Kier molecular flexibility index (Phi) is 3.84. The van der Waals surface area contributed by atoms with Gasteiger partial charge in [-0.1, -0.05) is 24.6 Å². The standard InChI is InChI=1S/C16H23ClN2/c1-11-3-2-8-19(16(11)10-18)15-7-4-12-9-13(17)5-6-14(12)15/h5-6,9,11,15-16H,2-4,7-8,10,18H2,1H3. The molecular weight excluding hydrogens is 256 g/mol. The first-order valence-corrected chi connectivity index (χ1v) is 7.82. The molecule has 104 valence electrons. The van der Waals surface area contributed by atoms with Gasteiger partial charge in [0.05, 0.1) is 0 Å². The van der Waals surface area contributed by atoms with Crippen LogP contribution in [0.2, 0.25) is 5.02 Å². The molecule has 2 nitrogen and oxygen atoms in total. The van der Waals surface area contributed by atoms with E-state index in [4.69, 9.17) is 17.3 Å². The highest BCUT2D eigenvalue weighted by Gasteiger charge is 2.35. The van der Waals surface area contributed by atoms with Gasteiger partial charge < -0.3 is 5.73 Å². The molecule has 19 heavy (non-hydrogen) atoms. The summed E-state index contributed by atoms with van der Waals surface area (Å²) in [5.74, 6) is 0.718. The minimum absolute atomic E-state index is 0.542. The van der Waals surface area contributed by atoms with Crippen molar-refractivity contribution >= 4 is 11.6 Å². The number of halogens is 1. The summed E-state index contributed by atoms with van der Waals surface area (Å²) in [5.41, 5.74) is 8.95. The van der Waals surface area contributed by atoms with E-state index in [9.17, 15) is 0 Å². The summed E-state index contributed by atoms with van der Waals surface area (Å²) in [7, 11) is 0. The Morgan fingerprint density at radius 3 is 3.00 bits per heavy atom. The summed E-state index contributed by atoms with van der Waals surface area (Å²) < 4.78 is 0. The zero-order valence-corrected chi connectivity index (χ0v) is 12.4. The fourth-order valence-corrected chi connectivity index (χ4v) is 4.14. The van der Waals surface area contributed by atoms with Gasteiger partial charge in [0, 0.05) is 23.7 Å². The van der Waals surface area contributed by atoms with Crippen molar-refractivity contribution in [3.63, 3.8) is 0 Å². The molecule has 1 saturated heterocycles. The summed E-state index contributed by atoms with van der Waals surface area (Å²) in [6, 6.07) is 7.50. The summed E-state index contributed by atoms with van der Waals surface area (Å²) in [6.07, 6.45) is 5.00. The number of likely N-dealkylation sites (tertiary alicyclic amines) is 1. The molecule has 0 saturated carbocycles. The molecule has 1 aliphatic heterocycles. The lowest BCUT2D eigenvalue weighted by Gasteiger charge is -2.43. The largest absolute Gasteiger partial charge is 0.329 e. The fourth-order valence-electron chi connectivity index (χ4n) is 3.94. The predicted molar refractivity (Wildman–Crippen MR) is 80.5 cm³/mol. The molecule has 3 unspecified atom stereocenters. The van der Waals surface area contributed by atoms with Gasteiger partial charge >= 0.3 is 0 Å². The number of benzene rings is 1. The molecule has 2 aliphatic rings. The average Bonchev–Trinajstić information content (AvgIpc) is 2.81. The van der Waals surface area contributed by atoms with Gasteiger partial charge in [0.25, 0.3) is 0 Å². The average molecular weight is 279 g/mol. The van der Waals surface area contributed by atoms with E-state index in [1.54, 1.807) is 0 Å². The molecule has 1 aromatic carbocycles. The number of aryl methyl sites for hydroxylation is 1. The van der Waals surface area contributed by atoms with Crippen molar-refractivity contribution < 1.29 is 0 Å². The number of nitrogens with two attached hydrogens (primary N) is 1. The van der Waals surface area contributed by atoms with Crippen LogP contribution in [0.4, 0.5) is 0 Å². The second-order valence-electron chi connectivity index (χ2n) is 6.06. The van der Waals surface area contributed by atoms with E-state index >= 15 is 0 Å². The van der Waals surface area contributed by atoms with Gasteiger partial charge in [0.1, 0.15) is 0 Å². The third-order valence-corrected chi connectivity index (χ3v) is 5.19. The number of fused-ring (bicyclic) bond motifs is 1. The lowest BCUT2D eigenvalue weighted by Crippen LogP contribution is -2.49. The number of hydrogen-bond donors (Lipinski definition) is 1. The molecule has 3 heteroatoms. The zero-order valence-electron chi connectivity index (χ0n) is 11.6. The van der Waals surface area contributed by atoms with E-state index in [2.05, 4.69) is 24.0 Å². The number of hydrogen-bond acceptors (Lipinski definition) is 2. The Labute approximate surface area is 120 Å². The summed E-state index contributed by atoms with van der Waals surface area (Å²) in [4.78, 5) is 2.66. The molecule has 0 bridgehead atoms. The number of rotatable bonds is 2. The van der Waals surface area contributed by atoms with Gasteiger partial charge in [-0.15, -0.1) is 0 Å². The summed E-state index contributed by atoms with van der Waals surface area (Å²) in [6.45, 7) is 4.32. The Hall–Kier alpha value is -0.570. The third-order valence-electron chi connectivity index (χ3n) is 4.95. The van der Waals surface area contributed by atoms with E-state index < -0.39 is 0 Å². The highest BCUT2D eigenvalue weighted by Crippen LogP contribution is 2.40. The molecular formula is C16H23ClN2. The first kappa shape index (κ1) is 13.4. The van der Waals surface area contributed by atoms with Crippen LogP contribution in [0.25, 0.3) is 0 Å². The second-order valence-corrected chi connectivity index (χ2v) is 6.49. The highest BCUT2D eigenvalue weighted by molar-refractivity contribution is 6.30. The molecule has 0 spiro atoms. The minimum Gasteiger partial charge on any atom is -0.329 e. The lowest BCUT2D eigenvalue weighted by molar-refractivity contribution is 0.0620. The van der Waals surface area contributed by atoms with Crippen molar-refractivity contribution in [2.45, 2.75) is 44.7 Å². The smallest absolute Gasteiger partial charge is 0.0408 e. The molecule has 1 aromatic rings. The Morgan fingerprint density at radius 1 is 1.37 bits per heavy atom. The monoisotopic (exact) mass is 278 g/mol. The van der Waals surface area contributed by atoms with Crippen LogP contribution in [0.1, 0.15) is 43.4 Å². The van der Waals surface area contributed by atoms with E-state index in [-0.39, 0.29) is 0 Å². The topological polar surface area (TPSA) is 29.3 Å². The van der Waals surface area contributed by atoms with Crippen molar-refractivity contribution in [1.82, 2.24) is 4.90 Å². The van der Waals surface area contributed by atoms with Gasteiger partial charge in [0.2, 0.25) is 0 Å². The van der Waals surface area contributed by atoms with Crippen LogP contribution >= 0.6 is 11.6 Å². The molecule has 3 rings (SSSR count). The van der Waals surface area contributed by atoms with Crippen LogP contribution in [0.5, 0.6) is 0 Å². The Balaban J connectivity index is 1.88. The zero-order chi connectivity index (χ0) is 13.4. The van der Waals surface area contributed by atoms with Gasteiger partial charge in [-0.3, -0.25) is 4.90 Å². The molecule has 0 amide bonds. The van der Waals surface area contributed by atoms with Gasteiger partial charge in [-0.05, 0) is 61.4 Å². The van der Waals surface area contributed by atoms with Crippen LogP contribution in [0.3, 0.4) is 0 Å². The minimum atomic E-state index is 0.542. The van der Waals surface area contributed by atoms with Crippen LogP contribution < -0.4 is 5.73 Å². The SMILES string of the molecule is CC1CCCN(C2CCc3cc(Cl)ccc32)C1CN. The quantitative estimate of drug-likeness (QED) is 0.899.